The summed E-state index contributed by atoms with van der Waals surface area (Å²) in [4.78, 5) is 26.7. The van der Waals surface area contributed by atoms with Crippen LogP contribution in [0.25, 0.3) is 0 Å². The van der Waals surface area contributed by atoms with Crippen LogP contribution in [0.4, 0.5) is 0 Å². The molecule has 2 aromatic carbocycles. The maximum atomic E-state index is 13.2. The highest BCUT2D eigenvalue weighted by molar-refractivity contribution is 6.00. The fourth-order valence-electron chi connectivity index (χ4n) is 4.25. The van der Waals surface area contributed by atoms with Gasteiger partial charge in [-0.15, -0.1) is 0 Å². The number of carbonyl (C=O) groups excluding carboxylic acids is 1. The number of aromatic carboxylic acids is 1. The van der Waals surface area contributed by atoms with Gasteiger partial charge < -0.3 is 10.0 Å². The van der Waals surface area contributed by atoms with Gasteiger partial charge >= 0.3 is 5.97 Å². The monoisotopic (exact) mass is 390 g/mol. The third-order valence-corrected chi connectivity index (χ3v) is 6.14. The molecule has 0 bridgehead atoms. The van der Waals surface area contributed by atoms with E-state index in [2.05, 4.69) is 6.07 Å². The Morgan fingerprint density at radius 3 is 2.24 bits per heavy atom. The maximum absolute atomic E-state index is 13.2. The molecule has 29 heavy (non-hydrogen) atoms. The molecule has 1 N–H and O–H groups in total. The van der Waals surface area contributed by atoms with E-state index in [-0.39, 0.29) is 11.5 Å². The van der Waals surface area contributed by atoms with Gasteiger partial charge in [0.05, 0.1) is 17.2 Å². The van der Waals surface area contributed by atoms with Crippen LogP contribution in [0.5, 0.6) is 0 Å². The zero-order valence-corrected chi connectivity index (χ0v) is 17.2. The second-order valence-corrected chi connectivity index (χ2v) is 7.66. The third-order valence-electron chi connectivity index (χ3n) is 6.14. The fraction of sp³-hybridized carbons (Fsp3) is 0.375. The number of carboxylic acids is 1. The highest BCUT2D eigenvalue weighted by Crippen LogP contribution is 2.30. The summed E-state index contributed by atoms with van der Waals surface area (Å²) in [5, 5.41) is 18.5. The second-order valence-electron chi connectivity index (χ2n) is 7.66. The predicted molar refractivity (Wildman–Crippen MR) is 111 cm³/mol. The molecule has 1 saturated heterocycles. The molecule has 0 aliphatic carbocycles. The number of nitriles is 1. The summed E-state index contributed by atoms with van der Waals surface area (Å²) in [5.41, 5.74) is 5.13. The van der Waals surface area contributed by atoms with E-state index < -0.39 is 5.97 Å². The van der Waals surface area contributed by atoms with E-state index in [1.54, 1.807) is 13.0 Å². The van der Waals surface area contributed by atoms with E-state index in [0.29, 0.717) is 36.6 Å². The molecular formula is C24H26N2O3. The Morgan fingerprint density at radius 2 is 1.72 bits per heavy atom. The van der Waals surface area contributed by atoms with Crippen LogP contribution in [0.15, 0.2) is 30.3 Å². The molecule has 0 atom stereocenters. The summed E-state index contributed by atoms with van der Waals surface area (Å²) in [5.74, 6) is -0.709. The van der Waals surface area contributed by atoms with Crippen LogP contribution in [0.3, 0.4) is 0 Å². The molecule has 3 rings (SSSR count). The van der Waals surface area contributed by atoms with Gasteiger partial charge in [-0.3, -0.25) is 4.79 Å². The Hall–Kier alpha value is -3.13. The first-order chi connectivity index (χ1) is 13.9. The molecule has 5 nitrogen and oxygen atoms in total. The molecule has 1 heterocycles. The van der Waals surface area contributed by atoms with Crippen molar-refractivity contribution in [1.29, 1.82) is 5.26 Å². The van der Waals surface area contributed by atoms with E-state index in [1.807, 2.05) is 43.0 Å². The van der Waals surface area contributed by atoms with Crippen molar-refractivity contribution in [3.05, 3.63) is 69.3 Å². The largest absolute Gasteiger partial charge is 0.478 e. The zero-order valence-electron chi connectivity index (χ0n) is 17.2. The smallest absolute Gasteiger partial charge is 0.335 e. The van der Waals surface area contributed by atoms with Gasteiger partial charge in [0, 0.05) is 18.7 Å². The highest BCUT2D eigenvalue weighted by Gasteiger charge is 2.27. The third kappa shape index (κ3) is 4.02. The van der Waals surface area contributed by atoms with E-state index in [4.69, 9.17) is 5.26 Å². The zero-order chi connectivity index (χ0) is 21.1. The molecule has 1 amide bonds. The Morgan fingerprint density at radius 1 is 1.10 bits per heavy atom. The lowest BCUT2D eigenvalue weighted by atomic mass is 9.87. The van der Waals surface area contributed by atoms with Crippen molar-refractivity contribution in [3.8, 4) is 6.07 Å². The highest BCUT2D eigenvalue weighted by atomic mass is 16.4. The van der Waals surface area contributed by atoms with Gasteiger partial charge in [-0.05, 0) is 79.5 Å². The maximum Gasteiger partial charge on any atom is 0.335 e. The second kappa shape index (κ2) is 8.48. The van der Waals surface area contributed by atoms with Crippen molar-refractivity contribution in [2.75, 3.05) is 13.1 Å². The molecule has 0 aromatic heterocycles. The fourth-order valence-corrected chi connectivity index (χ4v) is 4.25. The molecule has 150 valence electrons. The van der Waals surface area contributed by atoms with Crippen LogP contribution >= 0.6 is 0 Å². The van der Waals surface area contributed by atoms with E-state index in [1.165, 1.54) is 5.56 Å². The summed E-state index contributed by atoms with van der Waals surface area (Å²) in [6.07, 6.45) is 2.40. The summed E-state index contributed by atoms with van der Waals surface area (Å²) in [6.45, 7) is 6.98. The van der Waals surface area contributed by atoms with Gasteiger partial charge in [0.2, 0.25) is 0 Å². The minimum atomic E-state index is -0.998. The lowest BCUT2D eigenvalue weighted by Gasteiger charge is -2.33. The molecule has 1 fully saturated rings. The minimum Gasteiger partial charge on any atom is -0.478 e. The van der Waals surface area contributed by atoms with Crippen molar-refractivity contribution < 1.29 is 14.7 Å². The van der Waals surface area contributed by atoms with Gasteiger partial charge in [0.25, 0.3) is 5.91 Å². The average molecular weight is 390 g/mol. The SMILES string of the molecule is CCc1c(C(=O)N2CCC(c3ccc(C#N)cc3)CC2)cc(C(=O)O)c(C)c1C. The Labute approximate surface area is 171 Å². The predicted octanol–water partition coefficient (Wildman–Crippen LogP) is 4.46. The summed E-state index contributed by atoms with van der Waals surface area (Å²) in [7, 11) is 0. The number of piperidine rings is 1. The Bertz CT molecular complexity index is 979. The summed E-state index contributed by atoms with van der Waals surface area (Å²) >= 11 is 0. The number of likely N-dealkylation sites (tertiary alicyclic amines) is 1. The van der Waals surface area contributed by atoms with E-state index in [9.17, 15) is 14.7 Å². The normalized spacial score (nSPS) is 14.5. The number of amides is 1. The minimum absolute atomic E-state index is 0.0780. The molecular weight excluding hydrogens is 364 g/mol. The van der Waals surface area contributed by atoms with Crippen molar-refractivity contribution >= 4 is 11.9 Å². The molecule has 0 radical (unpaired) electrons. The van der Waals surface area contributed by atoms with Gasteiger partial charge in [-0.25, -0.2) is 4.79 Å². The van der Waals surface area contributed by atoms with Gasteiger partial charge in [0.15, 0.2) is 0 Å². The number of carboxylic acid groups (broad SMARTS) is 1. The Balaban J connectivity index is 1.80. The van der Waals surface area contributed by atoms with Gasteiger partial charge in [-0.2, -0.15) is 5.26 Å². The lowest BCUT2D eigenvalue weighted by Crippen LogP contribution is -2.38. The first-order valence-electron chi connectivity index (χ1n) is 10.0. The quantitative estimate of drug-likeness (QED) is 0.836. The Kier molecular flexibility index (Phi) is 6.03. The van der Waals surface area contributed by atoms with Crippen molar-refractivity contribution in [2.45, 2.75) is 46.0 Å². The molecule has 5 heteroatoms. The number of hydrogen-bond donors (Lipinski definition) is 1. The molecule has 0 spiro atoms. The summed E-state index contributed by atoms with van der Waals surface area (Å²) < 4.78 is 0. The number of nitrogens with zero attached hydrogens (tertiary/aromatic N) is 2. The molecule has 2 aromatic rings. The van der Waals surface area contributed by atoms with Crippen molar-refractivity contribution in [1.82, 2.24) is 4.90 Å². The summed E-state index contributed by atoms with van der Waals surface area (Å²) in [6, 6.07) is 11.4. The van der Waals surface area contributed by atoms with Gasteiger partial charge in [-0.1, -0.05) is 19.1 Å². The molecule has 1 aliphatic rings. The van der Waals surface area contributed by atoms with E-state index >= 15 is 0 Å². The topological polar surface area (TPSA) is 81.4 Å². The van der Waals surface area contributed by atoms with E-state index in [0.717, 1.165) is 29.5 Å². The average Bonchev–Trinajstić information content (AvgIpc) is 2.75. The number of hydrogen-bond acceptors (Lipinski definition) is 3. The van der Waals surface area contributed by atoms with Crippen LogP contribution < -0.4 is 0 Å². The standard InChI is InChI=1S/C24H26N2O3/c1-4-20-15(2)16(3)21(24(28)29)13-22(20)23(27)26-11-9-19(10-12-26)18-7-5-17(14-25)6-8-18/h5-8,13,19H,4,9-12H2,1-3H3,(H,28,29). The van der Waals surface area contributed by atoms with Crippen LogP contribution in [0.2, 0.25) is 0 Å². The number of benzene rings is 2. The van der Waals surface area contributed by atoms with Crippen LogP contribution in [0.1, 0.15) is 74.2 Å². The number of rotatable bonds is 4. The molecule has 0 unspecified atom stereocenters. The van der Waals surface area contributed by atoms with Crippen LogP contribution in [-0.4, -0.2) is 35.0 Å². The molecule has 1 aliphatic heterocycles. The van der Waals surface area contributed by atoms with Gasteiger partial charge in [0.1, 0.15) is 0 Å². The van der Waals surface area contributed by atoms with Crippen molar-refractivity contribution in [3.63, 3.8) is 0 Å². The number of carbonyl (C=O) groups is 2. The van der Waals surface area contributed by atoms with Crippen LogP contribution in [0, 0.1) is 25.2 Å². The molecule has 0 saturated carbocycles. The lowest BCUT2D eigenvalue weighted by molar-refractivity contribution is 0.0696. The first kappa shape index (κ1) is 20.6. The first-order valence-corrected chi connectivity index (χ1v) is 10.0. The van der Waals surface area contributed by atoms with Crippen LogP contribution in [-0.2, 0) is 6.42 Å². The van der Waals surface area contributed by atoms with Crippen molar-refractivity contribution in [2.24, 2.45) is 0 Å².